The average Bonchev–Trinajstić information content (AvgIpc) is 2.15. The summed E-state index contributed by atoms with van der Waals surface area (Å²) in [5.74, 6) is 0. The van der Waals surface area contributed by atoms with Gasteiger partial charge in [0.05, 0.1) is 0 Å². The third kappa shape index (κ3) is 3.10. The van der Waals surface area contributed by atoms with E-state index < -0.39 is 12.2 Å². The van der Waals surface area contributed by atoms with Crippen LogP contribution in [0.1, 0.15) is 27.7 Å². The van der Waals surface area contributed by atoms with Crippen LogP contribution < -0.4 is 0 Å². The van der Waals surface area contributed by atoms with Crippen LogP contribution in [0.3, 0.4) is 0 Å². The Morgan fingerprint density at radius 1 is 1.00 bits per heavy atom. The quantitative estimate of drug-likeness (QED) is 0.728. The number of rotatable bonds is 2. The summed E-state index contributed by atoms with van der Waals surface area (Å²) in [6, 6.07) is -1.19. The van der Waals surface area contributed by atoms with Gasteiger partial charge in [0.15, 0.2) is 0 Å². The van der Waals surface area contributed by atoms with E-state index in [1.165, 1.54) is 0 Å². The maximum Gasteiger partial charge on any atom is 0.405 e. The molecule has 0 aromatic rings. The van der Waals surface area contributed by atoms with Gasteiger partial charge in [-0.3, -0.25) is 9.80 Å². The van der Waals surface area contributed by atoms with Crippen molar-refractivity contribution in [2.45, 2.75) is 52.0 Å². The minimum atomic E-state index is -4.13. The number of hydrogen-bond acceptors (Lipinski definition) is 2. The molecule has 0 aromatic heterocycles. The van der Waals surface area contributed by atoms with Crippen LogP contribution in [-0.4, -0.2) is 53.7 Å². The lowest BCUT2D eigenvalue weighted by Gasteiger charge is -2.45. The molecule has 0 saturated carbocycles. The van der Waals surface area contributed by atoms with Crippen molar-refractivity contribution in [3.63, 3.8) is 0 Å². The Kier molecular flexibility index (Phi) is 4.23. The average molecular weight is 238 g/mol. The Morgan fingerprint density at radius 2 is 1.56 bits per heavy atom. The molecule has 2 nitrogen and oxygen atoms in total. The van der Waals surface area contributed by atoms with E-state index >= 15 is 0 Å². The maximum atomic E-state index is 12.9. The molecule has 0 aromatic carbocycles. The minimum absolute atomic E-state index is 0.0547. The maximum absolute atomic E-state index is 12.9. The molecular weight excluding hydrogens is 217 g/mol. The SMILES string of the molecule is CC(C)N1CCN(C(C)C)C(C(F)(F)F)C1. The Balaban J connectivity index is 2.78. The first-order valence-electron chi connectivity index (χ1n) is 5.80. The molecule has 0 spiro atoms. The monoisotopic (exact) mass is 238 g/mol. The molecule has 0 radical (unpaired) electrons. The molecule has 1 aliphatic rings. The minimum Gasteiger partial charge on any atom is -0.298 e. The number of piperazine rings is 1. The third-order valence-electron chi connectivity index (χ3n) is 3.22. The zero-order valence-corrected chi connectivity index (χ0v) is 10.4. The van der Waals surface area contributed by atoms with Crippen LogP contribution in [-0.2, 0) is 0 Å². The van der Waals surface area contributed by atoms with Crippen LogP contribution in [0.4, 0.5) is 13.2 Å². The summed E-state index contributed by atoms with van der Waals surface area (Å²) in [4.78, 5) is 3.45. The van der Waals surface area contributed by atoms with Gasteiger partial charge in [-0.05, 0) is 27.7 Å². The Labute approximate surface area is 95.4 Å². The van der Waals surface area contributed by atoms with Gasteiger partial charge < -0.3 is 0 Å². The molecule has 1 fully saturated rings. The molecule has 0 N–H and O–H groups in total. The highest BCUT2D eigenvalue weighted by Gasteiger charge is 2.47. The second kappa shape index (κ2) is 4.92. The van der Waals surface area contributed by atoms with Gasteiger partial charge in [0, 0.05) is 31.7 Å². The highest BCUT2D eigenvalue weighted by atomic mass is 19.4. The van der Waals surface area contributed by atoms with Crippen LogP contribution in [0, 0.1) is 0 Å². The molecule has 1 saturated heterocycles. The molecule has 0 aliphatic carbocycles. The lowest BCUT2D eigenvalue weighted by atomic mass is 10.1. The number of nitrogens with zero attached hydrogens (tertiary/aromatic N) is 2. The molecule has 5 heteroatoms. The zero-order chi connectivity index (χ0) is 12.5. The second-order valence-electron chi connectivity index (χ2n) is 4.98. The predicted octanol–water partition coefficient (Wildman–Crippen LogP) is 2.35. The van der Waals surface area contributed by atoms with Crippen molar-refractivity contribution in [1.29, 1.82) is 0 Å². The lowest BCUT2D eigenvalue weighted by Crippen LogP contribution is -2.61. The van der Waals surface area contributed by atoms with Crippen LogP contribution in [0.2, 0.25) is 0 Å². The molecule has 1 aliphatic heterocycles. The van der Waals surface area contributed by atoms with Gasteiger partial charge in [0.1, 0.15) is 6.04 Å². The lowest BCUT2D eigenvalue weighted by molar-refractivity contribution is -0.203. The van der Waals surface area contributed by atoms with Gasteiger partial charge in [-0.2, -0.15) is 13.2 Å². The summed E-state index contributed by atoms with van der Waals surface area (Å²) in [6.07, 6.45) is -4.13. The van der Waals surface area contributed by atoms with Crippen molar-refractivity contribution in [1.82, 2.24) is 9.80 Å². The van der Waals surface area contributed by atoms with Gasteiger partial charge in [0.25, 0.3) is 0 Å². The van der Waals surface area contributed by atoms with Gasteiger partial charge >= 0.3 is 6.18 Å². The summed E-state index contributed by atoms with van der Waals surface area (Å²) in [5.41, 5.74) is 0. The third-order valence-corrected chi connectivity index (χ3v) is 3.22. The highest BCUT2D eigenvalue weighted by Crippen LogP contribution is 2.29. The zero-order valence-electron chi connectivity index (χ0n) is 10.4. The van der Waals surface area contributed by atoms with Gasteiger partial charge in [-0.25, -0.2) is 0 Å². The largest absolute Gasteiger partial charge is 0.405 e. The summed E-state index contributed by atoms with van der Waals surface area (Å²) < 4.78 is 38.8. The summed E-state index contributed by atoms with van der Waals surface area (Å²) in [6.45, 7) is 8.85. The van der Waals surface area contributed by atoms with Crippen LogP contribution in [0.25, 0.3) is 0 Å². The molecule has 0 amide bonds. The summed E-state index contributed by atoms with van der Waals surface area (Å²) in [5, 5.41) is 0. The first-order valence-corrected chi connectivity index (χ1v) is 5.80. The molecule has 1 rings (SSSR count). The molecule has 1 unspecified atom stereocenters. The summed E-state index contributed by atoms with van der Waals surface area (Å²) in [7, 11) is 0. The molecular formula is C11H21F3N2. The van der Waals surface area contributed by atoms with Gasteiger partial charge in [-0.15, -0.1) is 0 Å². The number of hydrogen-bond donors (Lipinski definition) is 0. The van der Waals surface area contributed by atoms with Crippen molar-refractivity contribution in [3.05, 3.63) is 0 Å². The molecule has 1 heterocycles. The fourth-order valence-electron chi connectivity index (χ4n) is 2.20. The van der Waals surface area contributed by atoms with Crippen molar-refractivity contribution < 1.29 is 13.2 Å². The Hall–Kier alpha value is -0.290. The van der Waals surface area contributed by atoms with Crippen LogP contribution in [0.5, 0.6) is 0 Å². The second-order valence-corrected chi connectivity index (χ2v) is 4.98. The number of halogens is 3. The fraction of sp³-hybridized carbons (Fsp3) is 1.00. The van der Waals surface area contributed by atoms with E-state index in [0.29, 0.717) is 6.54 Å². The highest BCUT2D eigenvalue weighted by molar-refractivity contribution is 4.89. The van der Waals surface area contributed by atoms with Crippen molar-refractivity contribution in [2.75, 3.05) is 19.6 Å². The molecule has 16 heavy (non-hydrogen) atoms. The van der Waals surface area contributed by atoms with E-state index in [2.05, 4.69) is 0 Å². The van der Waals surface area contributed by atoms with Crippen molar-refractivity contribution >= 4 is 0 Å². The molecule has 1 atom stereocenters. The smallest absolute Gasteiger partial charge is 0.298 e. The van der Waals surface area contributed by atoms with Crippen LogP contribution >= 0.6 is 0 Å². The Morgan fingerprint density at radius 3 is 1.94 bits per heavy atom. The van der Waals surface area contributed by atoms with E-state index in [-0.39, 0.29) is 18.6 Å². The van der Waals surface area contributed by atoms with E-state index in [1.807, 2.05) is 32.6 Å². The predicted molar refractivity (Wildman–Crippen MR) is 58.4 cm³/mol. The first kappa shape index (κ1) is 13.8. The van der Waals surface area contributed by atoms with Gasteiger partial charge in [-0.1, -0.05) is 0 Å². The first-order chi connectivity index (χ1) is 7.23. The fourth-order valence-corrected chi connectivity index (χ4v) is 2.20. The molecule has 0 bridgehead atoms. The Bertz CT molecular complexity index is 226. The van der Waals surface area contributed by atoms with Crippen molar-refractivity contribution in [2.24, 2.45) is 0 Å². The van der Waals surface area contributed by atoms with Gasteiger partial charge in [0.2, 0.25) is 0 Å². The summed E-state index contributed by atoms with van der Waals surface area (Å²) >= 11 is 0. The van der Waals surface area contributed by atoms with E-state index in [4.69, 9.17) is 0 Å². The topological polar surface area (TPSA) is 6.48 Å². The molecule has 96 valence electrons. The van der Waals surface area contributed by atoms with Crippen molar-refractivity contribution in [3.8, 4) is 0 Å². The number of alkyl halides is 3. The standard InChI is InChI=1S/C11H21F3N2/c1-8(2)15-5-6-16(9(3)4)10(7-15)11(12,13)14/h8-10H,5-7H2,1-4H3. The van der Waals surface area contributed by atoms with E-state index in [1.54, 1.807) is 4.90 Å². The van der Waals surface area contributed by atoms with E-state index in [9.17, 15) is 13.2 Å². The normalized spacial score (nSPS) is 25.7. The van der Waals surface area contributed by atoms with Crippen LogP contribution in [0.15, 0.2) is 0 Å². The van der Waals surface area contributed by atoms with E-state index in [0.717, 1.165) is 6.54 Å².